The largest absolute Gasteiger partial charge is 0.326 e. The highest BCUT2D eigenvalue weighted by Crippen LogP contribution is 2.16. The van der Waals surface area contributed by atoms with Crippen LogP contribution in [0.15, 0.2) is 71.7 Å². The lowest BCUT2D eigenvalue weighted by molar-refractivity contribution is -0.116. The van der Waals surface area contributed by atoms with Crippen LogP contribution >= 0.6 is 11.6 Å². The molecule has 26 heavy (non-hydrogen) atoms. The summed E-state index contributed by atoms with van der Waals surface area (Å²) in [4.78, 5) is 25.1. The zero-order valence-corrected chi connectivity index (χ0v) is 14.6. The minimum atomic E-state index is -0.154. The van der Waals surface area contributed by atoms with Crippen LogP contribution in [0.25, 0.3) is 16.6 Å². The molecule has 1 N–H and O–H groups in total. The van der Waals surface area contributed by atoms with Gasteiger partial charge in [-0.3, -0.25) is 9.59 Å². The highest BCUT2D eigenvalue weighted by molar-refractivity contribution is 6.30. The van der Waals surface area contributed by atoms with Gasteiger partial charge in [-0.15, -0.1) is 0 Å². The SMILES string of the molecule is O=C(CCn1c(=O)c2cccn2c2ccccc21)Nc1ccc(Cl)cc1. The number of carbonyl (C=O) groups is 1. The number of halogens is 1. The Kier molecular flexibility index (Phi) is 4.22. The number of amides is 1. The summed E-state index contributed by atoms with van der Waals surface area (Å²) < 4.78 is 3.54. The number of aromatic nitrogens is 2. The third-order valence-electron chi connectivity index (χ3n) is 4.34. The Morgan fingerprint density at radius 2 is 1.62 bits per heavy atom. The van der Waals surface area contributed by atoms with E-state index in [0.29, 0.717) is 22.8 Å². The van der Waals surface area contributed by atoms with Gasteiger partial charge in [0.2, 0.25) is 5.91 Å². The third-order valence-corrected chi connectivity index (χ3v) is 4.59. The van der Waals surface area contributed by atoms with Crippen molar-refractivity contribution in [2.45, 2.75) is 13.0 Å². The second-order valence-corrected chi connectivity index (χ2v) is 6.45. The molecule has 0 saturated heterocycles. The first-order valence-corrected chi connectivity index (χ1v) is 8.65. The van der Waals surface area contributed by atoms with E-state index < -0.39 is 0 Å². The monoisotopic (exact) mass is 365 g/mol. The van der Waals surface area contributed by atoms with Crippen LogP contribution in [0.5, 0.6) is 0 Å². The number of benzene rings is 2. The number of hydrogen-bond acceptors (Lipinski definition) is 2. The first kappa shape index (κ1) is 16.4. The molecule has 0 aliphatic rings. The van der Waals surface area contributed by atoms with Crippen LogP contribution in [-0.4, -0.2) is 14.9 Å². The standard InChI is InChI=1S/C20H16ClN3O2/c21-14-7-9-15(10-8-14)22-19(25)11-13-24-17-5-2-1-4-16(17)23-12-3-6-18(23)20(24)26/h1-10,12H,11,13H2,(H,22,25). The number of nitrogens with zero attached hydrogens (tertiary/aromatic N) is 2. The van der Waals surface area contributed by atoms with E-state index in [-0.39, 0.29) is 17.9 Å². The number of hydrogen-bond donors (Lipinski definition) is 1. The van der Waals surface area contributed by atoms with Gasteiger partial charge in [0.15, 0.2) is 0 Å². The third kappa shape index (κ3) is 2.97. The summed E-state index contributed by atoms with van der Waals surface area (Å²) in [6, 6.07) is 18.2. The average molecular weight is 366 g/mol. The maximum Gasteiger partial charge on any atom is 0.275 e. The number of nitrogens with one attached hydrogen (secondary N) is 1. The van der Waals surface area contributed by atoms with E-state index in [9.17, 15) is 9.59 Å². The fourth-order valence-corrected chi connectivity index (χ4v) is 3.23. The molecule has 0 unspecified atom stereocenters. The topological polar surface area (TPSA) is 55.5 Å². The molecule has 0 fully saturated rings. The number of fused-ring (bicyclic) bond motifs is 3. The molecule has 2 heterocycles. The van der Waals surface area contributed by atoms with E-state index in [2.05, 4.69) is 5.32 Å². The van der Waals surface area contributed by atoms with Crippen LogP contribution in [0.4, 0.5) is 5.69 Å². The van der Waals surface area contributed by atoms with Gasteiger partial charge < -0.3 is 14.3 Å². The lowest BCUT2D eigenvalue weighted by Crippen LogP contribution is -2.25. The summed E-state index contributed by atoms with van der Waals surface area (Å²) in [7, 11) is 0. The molecule has 0 spiro atoms. The normalized spacial score (nSPS) is 11.1. The summed E-state index contributed by atoms with van der Waals surface area (Å²) in [6.07, 6.45) is 2.07. The predicted octanol–water partition coefficient (Wildman–Crippen LogP) is 3.94. The number of carbonyl (C=O) groups excluding carboxylic acids is 1. The Bertz CT molecular complexity index is 1160. The van der Waals surface area contributed by atoms with Crippen molar-refractivity contribution < 1.29 is 4.79 Å². The molecule has 2 aromatic carbocycles. The highest BCUT2D eigenvalue weighted by Gasteiger charge is 2.11. The van der Waals surface area contributed by atoms with Gasteiger partial charge in [-0.1, -0.05) is 23.7 Å². The molecule has 1 amide bonds. The zero-order chi connectivity index (χ0) is 18.1. The Morgan fingerprint density at radius 1 is 0.923 bits per heavy atom. The Hall–Kier alpha value is -3.05. The molecule has 2 aromatic heterocycles. The minimum Gasteiger partial charge on any atom is -0.326 e. The van der Waals surface area contributed by atoms with Gasteiger partial charge in [0.05, 0.1) is 11.0 Å². The van der Waals surface area contributed by atoms with Gasteiger partial charge in [0, 0.05) is 29.9 Å². The van der Waals surface area contributed by atoms with Crippen molar-refractivity contribution in [1.82, 2.24) is 8.97 Å². The second kappa shape index (κ2) is 6.69. The Labute approximate surface area is 154 Å². The van der Waals surface area contributed by atoms with Gasteiger partial charge in [0.25, 0.3) is 5.56 Å². The molecule has 0 saturated carbocycles. The number of aryl methyl sites for hydroxylation is 1. The van der Waals surface area contributed by atoms with Crippen molar-refractivity contribution in [1.29, 1.82) is 0 Å². The van der Waals surface area contributed by atoms with E-state index in [4.69, 9.17) is 11.6 Å². The minimum absolute atomic E-state index is 0.104. The lowest BCUT2D eigenvalue weighted by atomic mass is 10.2. The Balaban J connectivity index is 1.62. The van der Waals surface area contributed by atoms with E-state index >= 15 is 0 Å². The van der Waals surface area contributed by atoms with Crippen molar-refractivity contribution in [3.8, 4) is 0 Å². The summed E-state index contributed by atoms with van der Waals surface area (Å²) >= 11 is 5.85. The van der Waals surface area contributed by atoms with Gasteiger partial charge in [-0.2, -0.15) is 0 Å². The Morgan fingerprint density at radius 3 is 2.38 bits per heavy atom. The van der Waals surface area contributed by atoms with Gasteiger partial charge in [-0.05, 0) is 48.5 Å². The van der Waals surface area contributed by atoms with Crippen LogP contribution in [0.2, 0.25) is 5.02 Å². The van der Waals surface area contributed by atoms with Crippen LogP contribution < -0.4 is 10.9 Å². The molecule has 0 bridgehead atoms. The molecule has 130 valence electrons. The van der Waals surface area contributed by atoms with Crippen molar-refractivity contribution in [2.75, 3.05) is 5.32 Å². The van der Waals surface area contributed by atoms with Crippen LogP contribution in [0.3, 0.4) is 0 Å². The molecule has 5 nitrogen and oxygen atoms in total. The first-order chi connectivity index (χ1) is 12.6. The highest BCUT2D eigenvalue weighted by atomic mass is 35.5. The average Bonchev–Trinajstić information content (AvgIpc) is 3.14. The number of rotatable bonds is 4. The quantitative estimate of drug-likeness (QED) is 0.595. The molecule has 4 rings (SSSR count). The fraction of sp³-hybridized carbons (Fsp3) is 0.100. The van der Waals surface area contributed by atoms with E-state index in [0.717, 1.165) is 11.0 Å². The second-order valence-electron chi connectivity index (χ2n) is 6.01. The maximum absolute atomic E-state index is 12.8. The van der Waals surface area contributed by atoms with Gasteiger partial charge in [-0.25, -0.2) is 0 Å². The molecule has 0 aliphatic carbocycles. The molecule has 6 heteroatoms. The van der Waals surface area contributed by atoms with Gasteiger partial charge in [0.1, 0.15) is 5.52 Å². The molecular weight excluding hydrogens is 350 g/mol. The van der Waals surface area contributed by atoms with Crippen molar-refractivity contribution >= 4 is 39.7 Å². The van der Waals surface area contributed by atoms with E-state index in [1.165, 1.54) is 0 Å². The zero-order valence-electron chi connectivity index (χ0n) is 13.9. The molecule has 0 atom stereocenters. The first-order valence-electron chi connectivity index (χ1n) is 8.27. The molecular formula is C20H16ClN3O2. The fourth-order valence-electron chi connectivity index (χ4n) is 3.10. The smallest absolute Gasteiger partial charge is 0.275 e. The molecule has 0 radical (unpaired) electrons. The number of anilines is 1. The molecule has 0 aliphatic heterocycles. The van der Waals surface area contributed by atoms with Crippen molar-refractivity contribution in [3.63, 3.8) is 0 Å². The summed E-state index contributed by atoms with van der Waals surface area (Å²) in [5.74, 6) is -0.154. The molecule has 4 aromatic rings. The van der Waals surface area contributed by atoms with E-state index in [1.807, 2.05) is 40.9 Å². The number of para-hydroxylation sites is 2. The lowest BCUT2D eigenvalue weighted by Gasteiger charge is -2.12. The maximum atomic E-state index is 12.8. The predicted molar refractivity (Wildman–Crippen MR) is 104 cm³/mol. The van der Waals surface area contributed by atoms with Crippen LogP contribution in [-0.2, 0) is 11.3 Å². The summed E-state index contributed by atoms with van der Waals surface area (Å²) in [6.45, 7) is 0.306. The van der Waals surface area contributed by atoms with Crippen LogP contribution in [0, 0.1) is 0 Å². The van der Waals surface area contributed by atoms with E-state index in [1.54, 1.807) is 34.9 Å². The van der Waals surface area contributed by atoms with Gasteiger partial charge >= 0.3 is 0 Å². The summed E-state index contributed by atoms with van der Waals surface area (Å²) in [5, 5.41) is 3.43. The van der Waals surface area contributed by atoms with Crippen molar-refractivity contribution in [3.05, 3.63) is 82.2 Å². The summed E-state index contributed by atoms with van der Waals surface area (Å²) in [5.41, 5.74) is 2.92. The van der Waals surface area contributed by atoms with Crippen molar-refractivity contribution in [2.24, 2.45) is 0 Å². The van der Waals surface area contributed by atoms with Crippen LogP contribution in [0.1, 0.15) is 6.42 Å².